The molecule has 3 heterocycles. The van der Waals surface area contributed by atoms with E-state index < -0.39 is 5.60 Å². The van der Waals surface area contributed by atoms with Crippen LogP contribution in [0.3, 0.4) is 0 Å². The standard InChI is InChI=1S/C14H18ClN3O/c1-14(19)5-2-6-17(10-14)8-12-9-18-7-11(15)3-4-13(18)16-12/h3-4,7,9,19H,2,5-6,8,10H2,1H3. The molecule has 5 heteroatoms. The molecule has 0 radical (unpaired) electrons. The van der Waals surface area contributed by atoms with Crippen molar-refractivity contribution in [3.05, 3.63) is 35.2 Å². The molecule has 0 spiro atoms. The predicted molar refractivity (Wildman–Crippen MR) is 75.3 cm³/mol. The number of rotatable bonds is 2. The Morgan fingerprint density at radius 1 is 1.42 bits per heavy atom. The summed E-state index contributed by atoms with van der Waals surface area (Å²) in [6, 6.07) is 3.76. The Balaban J connectivity index is 1.77. The van der Waals surface area contributed by atoms with Crippen LogP contribution in [-0.4, -0.2) is 38.1 Å². The van der Waals surface area contributed by atoms with Crippen molar-refractivity contribution in [2.45, 2.75) is 31.9 Å². The zero-order valence-corrected chi connectivity index (χ0v) is 11.8. The smallest absolute Gasteiger partial charge is 0.137 e. The van der Waals surface area contributed by atoms with Gasteiger partial charge in [0.25, 0.3) is 0 Å². The highest BCUT2D eigenvalue weighted by Crippen LogP contribution is 2.22. The van der Waals surface area contributed by atoms with Crippen LogP contribution in [0.1, 0.15) is 25.5 Å². The highest BCUT2D eigenvalue weighted by atomic mass is 35.5. The number of hydrogen-bond acceptors (Lipinski definition) is 3. The van der Waals surface area contributed by atoms with Crippen molar-refractivity contribution >= 4 is 17.2 Å². The fourth-order valence-corrected chi connectivity index (χ4v) is 2.95. The van der Waals surface area contributed by atoms with Crippen LogP contribution in [0.2, 0.25) is 5.02 Å². The quantitative estimate of drug-likeness (QED) is 0.917. The molecule has 0 amide bonds. The third kappa shape index (κ3) is 2.91. The Morgan fingerprint density at radius 2 is 2.26 bits per heavy atom. The molecule has 2 aromatic heterocycles. The van der Waals surface area contributed by atoms with Gasteiger partial charge in [-0.2, -0.15) is 0 Å². The number of β-amino-alcohol motifs (C(OH)–C–C–N with tert-alkyl or cyclic N) is 1. The van der Waals surface area contributed by atoms with Gasteiger partial charge in [-0.05, 0) is 38.4 Å². The Kier molecular flexibility index (Phi) is 3.25. The van der Waals surface area contributed by atoms with Crippen LogP contribution in [-0.2, 0) is 6.54 Å². The van der Waals surface area contributed by atoms with Crippen LogP contribution >= 0.6 is 11.6 Å². The van der Waals surface area contributed by atoms with Crippen LogP contribution in [0.25, 0.3) is 5.65 Å². The third-order valence-electron chi connectivity index (χ3n) is 3.60. The van der Waals surface area contributed by atoms with Gasteiger partial charge in [0.15, 0.2) is 0 Å². The fraction of sp³-hybridized carbons (Fsp3) is 0.500. The van der Waals surface area contributed by atoms with Crippen molar-refractivity contribution in [2.24, 2.45) is 0 Å². The number of likely N-dealkylation sites (tertiary alicyclic amines) is 1. The van der Waals surface area contributed by atoms with Gasteiger partial charge in [0.05, 0.1) is 16.3 Å². The summed E-state index contributed by atoms with van der Waals surface area (Å²) in [6.45, 7) is 4.41. The maximum atomic E-state index is 10.1. The second kappa shape index (κ2) is 4.78. The van der Waals surface area contributed by atoms with Crippen molar-refractivity contribution in [1.82, 2.24) is 14.3 Å². The summed E-state index contributed by atoms with van der Waals surface area (Å²) in [5, 5.41) is 10.8. The van der Waals surface area contributed by atoms with Gasteiger partial charge in [-0.25, -0.2) is 4.98 Å². The zero-order chi connectivity index (χ0) is 13.5. The number of pyridine rings is 1. The third-order valence-corrected chi connectivity index (χ3v) is 3.83. The normalized spacial score (nSPS) is 25.0. The first kappa shape index (κ1) is 12.9. The maximum absolute atomic E-state index is 10.1. The highest BCUT2D eigenvalue weighted by Gasteiger charge is 2.28. The largest absolute Gasteiger partial charge is 0.389 e. The first-order valence-corrected chi connectivity index (χ1v) is 6.98. The van der Waals surface area contributed by atoms with Crippen molar-refractivity contribution in [1.29, 1.82) is 0 Å². The van der Waals surface area contributed by atoms with Crippen LogP contribution in [0.5, 0.6) is 0 Å². The first-order valence-electron chi connectivity index (χ1n) is 6.60. The van der Waals surface area contributed by atoms with Gasteiger partial charge >= 0.3 is 0 Å². The number of hydrogen-bond donors (Lipinski definition) is 1. The lowest BCUT2D eigenvalue weighted by Gasteiger charge is -2.36. The number of aromatic nitrogens is 2. The molecule has 0 aliphatic carbocycles. The molecule has 102 valence electrons. The van der Waals surface area contributed by atoms with Crippen LogP contribution < -0.4 is 0 Å². The van der Waals surface area contributed by atoms with E-state index >= 15 is 0 Å². The van der Waals surface area contributed by atoms with Crippen molar-refractivity contribution in [3.63, 3.8) is 0 Å². The molecule has 1 unspecified atom stereocenters. The molecule has 1 fully saturated rings. The topological polar surface area (TPSA) is 40.8 Å². The summed E-state index contributed by atoms with van der Waals surface area (Å²) in [6.07, 6.45) is 5.78. The number of piperidine rings is 1. The molecule has 2 aromatic rings. The monoisotopic (exact) mass is 279 g/mol. The first-order chi connectivity index (χ1) is 9.02. The lowest BCUT2D eigenvalue weighted by molar-refractivity contribution is -0.0184. The SMILES string of the molecule is CC1(O)CCCN(Cc2cn3cc(Cl)ccc3n2)C1. The molecular formula is C14H18ClN3O. The molecule has 3 rings (SSSR count). The molecule has 1 N–H and O–H groups in total. The van der Waals surface area contributed by atoms with Gasteiger partial charge in [0.1, 0.15) is 5.65 Å². The van der Waals surface area contributed by atoms with E-state index in [4.69, 9.17) is 11.6 Å². The second-order valence-corrected chi connectivity index (χ2v) is 6.09. The summed E-state index contributed by atoms with van der Waals surface area (Å²) in [7, 11) is 0. The van der Waals surface area contributed by atoms with Gasteiger partial charge < -0.3 is 9.51 Å². The zero-order valence-electron chi connectivity index (χ0n) is 11.0. The minimum atomic E-state index is -0.569. The molecule has 0 saturated carbocycles. The van der Waals surface area contributed by atoms with E-state index in [9.17, 15) is 5.11 Å². The van der Waals surface area contributed by atoms with Crippen molar-refractivity contribution < 1.29 is 5.11 Å². The van der Waals surface area contributed by atoms with E-state index in [0.29, 0.717) is 11.6 Å². The van der Waals surface area contributed by atoms with Gasteiger partial charge in [0, 0.05) is 25.5 Å². The van der Waals surface area contributed by atoms with E-state index in [1.807, 2.05) is 35.9 Å². The Bertz CT molecular complexity index is 593. The average molecular weight is 280 g/mol. The van der Waals surface area contributed by atoms with Gasteiger partial charge in [-0.1, -0.05) is 11.6 Å². The maximum Gasteiger partial charge on any atom is 0.137 e. The van der Waals surface area contributed by atoms with E-state index in [1.54, 1.807) is 0 Å². The molecule has 1 aliphatic rings. The average Bonchev–Trinajstić information content (AvgIpc) is 2.68. The second-order valence-electron chi connectivity index (χ2n) is 5.66. The van der Waals surface area contributed by atoms with Gasteiger partial charge in [0.2, 0.25) is 0 Å². The summed E-state index contributed by atoms with van der Waals surface area (Å²) in [5.41, 5.74) is 1.35. The minimum absolute atomic E-state index is 0.569. The van der Waals surface area contributed by atoms with E-state index in [-0.39, 0.29) is 0 Å². The summed E-state index contributed by atoms with van der Waals surface area (Å²) < 4.78 is 1.94. The molecule has 1 atom stereocenters. The van der Waals surface area contributed by atoms with E-state index in [1.165, 1.54) is 0 Å². The predicted octanol–water partition coefficient (Wildman–Crippen LogP) is 2.33. The molecule has 0 aromatic carbocycles. The van der Waals surface area contributed by atoms with Crippen LogP contribution in [0.15, 0.2) is 24.5 Å². The Morgan fingerprint density at radius 3 is 3.05 bits per heavy atom. The molecule has 1 aliphatic heterocycles. The lowest BCUT2D eigenvalue weighted by Crippen LogP contribution is -2.45. The fourth-order valence-electron chi connectivity index (χ4n) is 2.78. The Hall–Kier alpha value is -1.10. The number of halogens is 1. The highest BCUT2D eigenvalue weighted by molar-refractivity contribution is 6.30. The minimum Gasteiger partial charge on any atom is -0.389 e. The van der Waals surface area contributed by atoms with Crippen molar-refractivity contribution in [2.75, 3.05) is 13.1 Å². The van der Waals surface area contributed by atoms with E-state index in [0.717, 1.165) is 37.3 Å². The molecular weight excluding hydrogens is 262 g/mol. The molecule has 0 bridgehead atoms. The summed E-state index contributed by atoms with van der Waals surface area (Å²) in [5.74, 6) is 0. The van der Waals surface area contributed by atoms with Crippen LogP contribution in [0, 0.1) is 0 Å². The number of fused-ring (bicyclic) bond motifs is 1. The molecule has 1 saturated heterocycles. The summed E-state index contributed by atoms with van der Waals surface area (Å²) >= 11 is 5.97. The summed E-state index contributed by atoms with van der Waals surface area (Å²) in [4.78, 5) is 6.83. The van der Waals surface area contributed by atoms with Crippen molar-refractivity contribution in [3.8, 4) is 0 Å². The lowest BCUT2D eigenvalue weighted by atomic mass is 9.95. The molecule has 19 heavy (non-hydrogen) atoms. The number of nitrogens with zero attached hydrogens (tertiary/aromatic N) is 3. The van der Waals surface area contributed by atoms with Crippen LogP contribution in [0.4, 0.5) is 0 Å². The van der Waals surface area contributed by atoms with E-state index in [2.05, 4.69) is 9.88 Å². The molecule has 4 nitrogen and oxygen atoms in total. The number of aliphatic hydroxyl groups is 1. The Labute approximate surface area is 117 Å². The van der Waals surface area contributed by atoms with Gasteiger partial charge in [-0.15, -0.1) is 0 Å². The number of imidazole rings is 1. The van der Waals surface area contributed by atoms with Gasteiger partial charge in [-0.3, -0.25) is 4.90 Å².